The van der Waals surface area contributed by atoms with Crippen molar-refractivity contribution in [1.82, 2.24) is 5.06 Å². The molecular weight excluding hydrogens is 489 g/mol. The summed E-state index contributed by atoms with van der Waals surface area (Å²) in [4.78, 5) is 14.2. The number of hydrogen-bond acceptors (Lipinski definition) is 8. The highest BCUT2D eigenvalue weighted by Gasteiger charge is 2.27. The van der Waals surface area contributed by atoms with Crippen LogP contribution in [-0.4, -0.2) is 36.8 Å². The van der Waals surface area contributed by atoms with Gasteiger partial charge in [-0.25, -0.2) is 4.99 Å². The first-order valence-corrected chi connectivity index (χ1v) is 11.6. The van der Waals surface area contributed by atoms with Crippen molar-refractivity contribution in [2.75, 3.05) is 19.8 Å². The predicted molar refractivity (Wildman–Crippen MR) is 132 cm³/mol. The van der Waals surface area contributed by atoms with E-state index in [0.29, 0.717) is 47.1 Å². The number of rotatable bonds is 11. The van der Waals surface area contributed by atoms with Crippen LogP contribution in [0, 0.1) is 0 Å². The fourth-order valence-corrected chi connectivity index (χ4v) is 3.53. The lowest BCUT2D eigenvalue weighted by Crippen LogP contribution is -2.44. The zero-order valence-electron chi connectivity index (χ0n) is 18.1. The van der Waals surface area contributed by atoms with Crippen LogP contribution in [0.4, 0.5) is 0 Å². The summed E-state index contributed by atoms with van der Waals surface area (Å²) in [6.07, 6.45) is 2.04. The number of guanidine groups is 2. The maximum absolute atomic E-state index is 6.13. The summed E-state index contributed by atoms with van der Waals surface area (Å²) in [6.45, 7) is 3.42. The number of aliphatic imine (C=N–C) groups is 2. The zero-order valence-corrected chi connectivity index (χ0v) is 20.4. The number of nitrogens with two attached hydrogens (primary N) is 2. The number of benzene rings is 2. The van der Waals surface area contributed by atoms with Gasteiger partial charge in [0.2, 0.25) is 11.9 Å². The molecule has 1 aliphatic rings. The van der Waals surface area contributed by atoms with E-state index in [-0.39, 0.29) is 11.9 Å². The van der Waals surface area contributed by atoms with Gasteiger partial charge in [-0.3, -0.25) is 4.84 Å². The lowest BCUT2D eigenvalue weighted by molar-refractivity contribution is -0.132. The molecule has 2 aromatic rings. The SMILES string of the molecule is CCCCOc1ccc(C2N=C(N)N=C(N)N2OCCCOc2cc(Cl)c(Cl)cc2Cl)cc1. The van der Waals surface area contributed by atoms with Crippen LogP contribution in [-0.2, 0) is 4.84 Å². The zero-order chi connectivity index (χ0) is 23.8. The minimum Gasteiger partial charge on any atom is -0.494 e. The van der Waals surface area contributed by atoms with Gasteiger partial charge in [0.05, 0.1) is 34.9 Å². The van der Waals surface area contributed by atoms with Gasteiger partial charge in [-0.2, -0.15) is 10.1 Å². The highest BCUT2D eigenvalue weighted by molar-refractivity contribution is 6.43. The highest BCUT2D eigenvalue weighted by atomic mass is 35.5. The maximum Gasteiger partial charge on any atom is 0.226 e. The van der Waals surface area contributed by atoms with Gasteiger partial charge in [-0.05, 0) is 30.2 Å². The van der Waals surface area contributed by atoms with Gasteiger partial charge in [0.25, 0.3) is 0 Å². The van der Waals surface area contributed by atoms with Crippen molar-refractivity contribution in [3.05, 3.63) is 57.0 Å². The summed E-state index contributed by atoms with van der Waals surface area (Å²) in [7, 11) is 0. The molecule has 0 fully saturated rings. The van der Waals surface area contributed by atoms with E-state index >= 15 is 0 Å². The smallest absolute Gasteiger partial charge is 0.226 e. The van der Waals surface area contributed by atoms with Gasteiger partial charge < -0.3 is 20.9 Å². The Bertz CT molecular complexity index is 1000. The highest BCUT2D eigenvalue weighted by Crippen LogP contribution is 2.34. The van der Waals surface area contributed by atoms with Gasteiger partial charge in [-0.15, -0.1) is 0 Å². The topological polar surface area (TPSA) is 108 Å². The quantitative estimate of drug-likeness (QED) is 0.316. The molecule has 0 aliphatic carbocycles. The molecule has 3 rings (SSSR count). The van der Waals surface area contributed by atoms with Crippen molar-refractivity contribution in [1.29, 1.82) is 0 Å². The van der Waals surface area contributed by atoms with E-state index < -0.39 is 6.17 Å². The fraction of sp³-hybridized carbons (Fsp3) is 0.364. The molecule has 0 saturated carbocycles. The molecule has 0 spiro atoms. The average Bonchev–Trinajstić information content (AvgIpc) is 2.78. The Hall–Kier alpha value is -2.39. The van der Waals surface area contributed by atoms with E-state index in [9.17, 15) is 0 Å². The minimum absolute atomic E-state index is 0.0817. The van der Waals surface area contributed by atoms with Crippen LogP contribution in [0.15, 0.2) is 46.4 Å². The molecule has 0 aromatic heterocycles. The molecule has 1 aliphatic heterocycles. The average molecular weight is 515 g/mol. The first-order valence-electron chi connectivity index (χ1n) is 10.5. The molecule has 1 heterocycles. The van der Waals surface area contributed by atoms with Crippen LogP contribution in [0.25, 0.3) is 0 Å². The van der Waals surface area contributed by atoms with E-state index in [1.54, 1.807) is 6.07 Å². The van der Waals surface area contributed by atoms with Crippen molar-refractivity contribution in [2.45, 2.75) is 32.4 Å². The Labute approximate surface area is 208 Å². The van der Waals surface area contributed by atoms with Crippen molar-refractivity contribution < 1.29 is 14.3 Å². The molecule has 1 unspecified atom stereocenters. The van der Waals surface area contributed by atoms with E-state index in [0.717, 1.165) is 24.2 Å². The van der Waals surface area contributed by atoms with E-state index in [4.69, 9.17) is 60.6 Å². The number of hydroxylamine groups is 2. The Morgan fingerprint density at radius 2 is 1.61 bits per heavy atom. The van der Waals surface area contributed by atoms with E-state index in [1.807, 2.05) is 24.3 Å². The van der Waals surface area contributed by atoms with E-state index in [2.05, 4.69) is 16.9 Å². The number of unbranched alkanes of at least 4 members (excludes halogenated alkanes) is 1. The van der Waals surface area contributed by atoms with Crippen LogP contribution in [0.3, 0.4) is 0 Å². The van der Waals surface area contributed by atoms with Crippen molar-refractivity contribution in [2.24, 2.45) is 21.5 Å². The summed E-state index contributed by atoms with van der Waals surface area (Å²) in [5.41, 5.74) is 12.7. The molecular formula is C22H26Cl3N5O3. The Morgan fingerprint density at radius 3 is 2.33 bits per heavy atom. The molecule has 33 heavy (non-hydrogen) atoms. The number of ether oxygens (including phenoxy) is 2. The first-order chi connectivity index (χ1) is 15.9. The van der Waals surface area contributed by atoms with Gasteiger partial charge in [0, 0.05) is 12.5 Å². The van der Waals surface area contributed by atoms with Gasteiger partial charge in [0.1, 0.15) is 11.5 Å². The Kier molecular flexibility index (Phi) is 9.31. The van der Waals surface area contributed by atoms with Crippen LogP contribution in [0.1, 0.15) is 37.9 Å². The molecule has 0 amide bonds. The Balaban J connectivity index is 1.56. The van der Waals surface area contributed by atoms with Gasteiger partial charge in [-0.1, -0.05) is 60.3 Å². The normalized spacial score (nSPS) is 15.8. The molecule has 4 N–H and O–H groups in total. The van der Waals surface area contributed by atoms with Crippen LogP contribution < -0.4 is 20.9 Å². The third-order valence-electron chi connectivity index (χ3n) is 4.63. The second-order valence-corrected chi connectivity index (χ2v) is 8.38. The lowest BCUT2D eigenvalue weighted by Gasteiger charge is -2.31. The summed E-state index contributed by atoms with van der Waals surface area (Å²) < 4.78 is 11.4. The molecule has 11 heteroatoms. The molecule has 0 radical (unpaired) electrons. The maximum atomic E-state index is 6.13. The largest absolute Gasteiger partial charge is 0.494 e. The van der Waals surface area contributed by atoms with Crippen LogP contribution >= 0.6 is 34.8 Å². The van der Waals surface area contributed by atoms with E-state index in [1.165, 1.54) is 11.1 Å². The van der Waals surface area contributed by atoms with Gasteiger partial charge >= 0.3 is 0 Å². The standard InChI is InChI=1S/C22H26Cl3N5O3/c1-2-3-9-31-15-7-5-14(6-8-15)20-28-21(26)29-22(27)30(20)33-11-4-10-32-19-13-17(24)16(23)12-18(19)25/h5-8,12-13,20H,2-4,9-11H2,1H3,(H4,26,27,28,29). The molecule has 8 nitrogen and oxygen atoms in total. The summed E-state index contributed by atoms with van der Waals surface area (Å²) in [6, 6.07) is 10.7. The molecule has 0 bridgehead atoms. The van der Waals surface area contributed by atoms with Crippen LogP contribution in [0.5, 0.6) is 11.5 Å². The third-order valence-corrected chi connectivity index (χ3v) is 5.65. The Morgan fingerprint density at radius 1 is 0.909 bits per heavy atom. The summed E-state index contributed by atoms with van der Waals surface area (Å²) >= 11 is 18.1. The van der Waals surface area contributed by atoms with Crippen molar-refractivity contribution in [3.63, 3.8) is 0 Å². The van der Waals surface area contributed by atoms with Crippen molar-refractivity contribution >= 4 is 46.7 Å². The third kappa shape index (κ3) is 7.04. The van der Waals surface area contributed by atoms with Crippen molar-refractivity contribution in [3.8, 4) is 11.5 Å². The molecule has 2 aromatic carbocycles. The predicted octanol–water partition coefficient (Wildman–Crippen LogP) is 5.17. The second-order valence-electron chi connectivity index (χ2n) is 7.16. The number of halogens is 3. The van der Waals surface area contributed by atoms with Crippen LogP contribution in [0.2, 0.25) is 15.1 Å². The molecule has 1 atom stereocenters. The monoisotopic (exact) mass is 513 g/mol. The summed E-state index contributed by atoms with van der Waals surface area (Å²) in [5.74, 6) is 1.43. The second kappa shape index (κ2) is 12.2. The molecule has 178 valence electrons. The number of hydrogen-bond donors (Lipinski definition) is 2. The minimum atomic E-state index is -0.572. The lowest BCUT2D eigenvalue weighted by atomic mass is 10.1. The summed E-state index contributed by atoms with van der Waals surface area (Å²) in [5, 5.41) is 2.54. The molecule has 0 saturated heterocycles. The number of nitrogens with zero attached hydrogens (tertiary/aromatic N) is 3. The fourth-order valence-electron chi connectivity index (χ4n) is 2.93. The van der Waals surface area contributed by atoms with Gasteiger partial charge in [0.15, 0.2) is 6.17 Å². The first kappa shape index (κ1) is 25.2.